The smallest absolute Gasteiger partial charge is 0.257 e. The highest BCUT2D eigenvalue weighted by Crippen LogP contribution is 2.19. The van der Waals surface area contributed by atoms with Crippen LogP contribution in [0.5, 0.6) is 0 Å². The minimum Gasteiger partial charge on any atom is -0.334 e. The van der Waals surface area contributed by atoms with E-state index in [1.54, 1.807) is 19.1 Å². The fraction of sp³-hybridized carbons (Fsp3) is 0.182. The van der Waals surface area contributed by atoms with Gasteiger partial charge in [0.15, 0.2) is 5.82 Å². The third-order valence-electron chi connectivity index (χ3n) is 1.98. The highest BCUT2D eigenvalue weighted by atomic mass is 16.5. The van der Waals surface area contributed by atoms with Crippen LogP contribution in [0, 0.1) is 6.92 Å². The monoisotopic (exact) mass is 217 g/mol. The summed E-state index contributed by atoms with van der Waals surface area (Å²) in [6.07, 6.45) is 0. The standard InChI is InChI=1S/C11H11N3O2/c1-7-12-11(16-14-7)9-3-5-10(6-4-9)13-8(2)15/h3-6H,1-2H3,(H,13,15). The molecule has 1 aromatic carbocycles. The molecule has 2 rings (SSSR count). The van der Waals surface area contributed by atoms with Crippen LogP contribution in [0.1, 0.15) is 12.7 Å². The first-order chi connectivity index (χ1) is 7.65. The number of hydrogen-bond donors (Lipinski definition) is 1. The van der Waals surface area contributed by atoms with Crippen LogP contribution >= 0.6 is 0 Å². The third-order valence-corrected chi connectivity index (χ3v) is 1.98. The summed E-state index contributed by atoms with van der Waals surface area (Å²) in [5.41, 5.74) is 1.57. The molecule has 0 saturated carbocycles. The number of carbonyl (C=O) groups is 1. The lowest BCUT2D eigenvalue weighted by atomic mass is 10.2. The van der Waals surface area contributed by atoms with Gasteiger partial charge in [-0.15, -0.1) is 0 Å². The zero-order valence-electron chi connectivity index (χ0n) is 9.02. The molecule has 0 radical (unpaired) electrons. The number of nitrogens with zero attached hydrogens (tertiary/aromatic N) is 2. The molecule has 0 aliphatic carbocycles. The van der Waals surface area contributed by atoms with Gasteiger partial charge in [-0.1, -0.05) is 5.16 Å². The Morgan fingerprint density at radius 2 is 2.00 bits per heavy atom. The Bertz CT molecular complexity index is 502. The molecule has 0 bridgehead atoms. The fourth-order valence-electron chi connectivity index (χ4n) is 1.31. The van der Waals surface area contributed by atoms with Gasteiger partial charge in [-0.3, -0.25) is 4.79 Å². The maximum Gasteiger partial charge on any atom is 0.257 e. The Morgan fingerprint density at radius 3 is 2.50 bits per heavy atom. The average Bonchev–Trinajstić information content (AvgIpc) is 2.65. The molecular weight excluding hydrogens is 206 g/mol. The van der Waals surface area contributed by atoms with Crippen LogP contribution < -0.4 is 5.32 Å². The zero-order valence-corrected chi connectivity index (χ0v) is 9.02. The lowest BCUT2D eigenvalue weighted by Crippen LogP contribution is -2.05. The van der Waals surface area contributed by atoms with E-state index in [0.29, 0.717) is 11.7 Å². The number of aryl methyl sites for hydroxylation is 1. The van der Waals surface area contributed by atoms with E-state index in [2.05, 4.69) is 15.5 Å². The average molecular weight is 217 g/mol. The molecule has 0 aliphatic heterocycles. The summed E-state index contributed by atoms with van der Waals surface area (Å²) < 4.78 is 5.02. The Labute approximate surface area is 92.5 Å². The Balaban J connectivity index is 2.22. The molecule has 5 heteroatoms. The van der Waals surface area contributed by atoms with Gasteiger partial charge in [0, 0.05) is 18.2 Å². The highest BCUT2D eigenvalue weighted by molar-refractivity contribution is 5.88. The minimum atomic E-state index is -0.0959. The summed E-state index contributed by atoms with van der Waals surface area (Å²) in [5.74, 6) is 0.981. The number of carbonyl (C=O) groups excluding carboxylic acids is 1. The highest BCUT2D eigenvalue weighted by Gasteiger charge is 2.05. The predicted octanol–water partition coefficient (Wildman–Crippen LogP) is 2.00. The molecule has 2 aromatic rings. The van der Waals surface area contributed by atoms with Crippen molar-refractivity contribution in [1.29, 1.82) is 0 Å². The van der Waals surface area contributed by atoms with E-state index >= 15 is 0 Å². The lowest BCUT2D eigenvalue weighted by Gasteiger charge is -2.01. The summed E-state index contributed by atoms with van der Waals surface area (Å²) in [5, 5.41) is 6.39. The number of benzene rings is 1. The topological polar surface area (TPSA) is 68.0 Å². The van der Waals surface area contributed by atoms with Gasteiger partial charge < -0.3 is 9.84 Å². The molecule has 0 aliphatic rings. The van der Waals surface area contributed by atoms with Gasteiger partial charge in [0.1, 0.15) is 0 Å². The van der Waals surface area contributed by atoms with Crippen molar-refractivity contribution >= 4 is 11.6 Å². The molecule has 82 valence electrons. The molecule has 0 fully saturated rings. The van der Waals surface area contributed by atoms with Crippen molar-refractivity contribution in [3.63, 3.8) is 0 Å². The summed E-state index contributed by atoms with van der Waals surface area (Å²) >= 11 is 0. The Hall–Kier alpha value is -2.17. The van der Waals surface area contributed by atoms with Gasteiger partial charge in [0.25, 0.3) is 5.89 Å². The molecule has 5 nitrogen and oxygen atoms in total. The molecule has 16 heavy (non-hydrogen) atoms. The number of amides is 1. The normalized spacial score (nSPS) is 10.1. The molecule has 1 N–H and O–H groups in total. The number of hydrogen-bond acceptors (Lipinski definition) is 4. The van der Waals surface area contributed by atoms with E-state index in [9.17, 15) is 4.79 Å². The van der Waals surface area contributed by atoms with Crippen LogP contribution in [-0.2, 0) is 4.79 Å². The van der Waals surface area contributed by atoms with E-state index in [4.69, 9.17) is 4.52 Å². The van der Waals surface area contributed by atoms with Crippen molar-refractivity contribution in [2.45, 2.75) is 13.8 Å². The van der Waals surface area contributed by atoms with Crippen LogP contribution in [0.15, 0.2) is 28.8 Å². The summed E-state index contributed by atoms with van der Waals surface area (Å²) in [7, 11) is 0. The predicted molar refractivity (Wildman–Crippen MR) is 58.8 cm³/mol. The quantitative estimate of drug-likeness (QED) is 0.835. The van der Waals surface area contributed by atoms with Crippen LogP contribution in [0.3, 0.4) is 0 Å². The van der Waals surface area contributed by atoms with Crippen molar-refractivity contribution in [1.82, 2.24) is 10.1 Å². The number of nitrogens with one attached hydrogen (secondary N) is 1. The number of rotatable bonds is 2. The molecule has 0 saturated heterocycles. The molecule has 0 unspecified atom stereocenters. The fourth-order valence-corrected chi connectivity index (χ4v) is 1.31. The van der Waals surface area contributed by atoms with Gasteiger partial charge in [-0.25, -0.2) is 0 Å². The molecular formula is C11H11N3O2. The zero-order chi connectivity index (χ0) is 11.5. The van der Waals surface area contributed by atoms with Crippen molar-refractivity contribution in [2.75, 3.05) is 5.32 Å². The second-order valence-corrected chi connectivity index (χ2v) is 3.41. The lowest BCUT2D eigenvalue weighted by molar-refractivity contribution is -0.114. The summed E-state index contributed by atoms with van der Waals surface area (Å²) in [6.45, 7) is 3.23. The van der Waals surface area contributed by atoms with Gasteiger partial charge in [-0.2, -0.15) is 4.98 Å². The van der Waals surface area contributed by atoms with Gasteiger partial charge in [0.05, 0.1) is 0 Å². The van der Waals surface area contributed by atoms with E-state index in [1.807, 2.05) is 12.1 Å². The summed E-state index contributed by atoms with van der Waals surface area (Å²) in [4.78, 5) is 14.9. The third kappa shape index (κ3) is 2.25. The van der Waals surface area contributed by atoms with Crippen molar-refractivity contribution in [2.24, 2.45) is 0 Å². The largest absolute Gasteiger partial charge is 0.334 e. The molecule has 1 heterocycles. The van der Waals surface area contributed by atoms with Crippen molar-refractivity contribution in [3.05, 3.63) is 30.1 Å². The summed E-state index contributed by atoms with van der Waals surface area (Å²) in [6, 6.07) is 7.21. The van der Waals surface area contributed by atoms with Crippen molar-refractivity contribution < 1.29 is 9.32 Å². The number of anilines is 1. The van der Waals surface area contributed by atoms with Crippen LogP contribution in [0.25, 0.3) is 11.5 Å². The SMILES string of the molecule is CC(=O)Nc1ccc(-c2nc(C)no2)cc1. The first kappa shape index (κ1) is 10.4. The van der Waals surface area contributed by atoms with E-state index in [1.165, 1.54) is 6.92 Å². The van der Waals surface area contributed by atoms with E-state index in [-0.39, 0.29) is 5.91 Å². The van der Waals surface area contributed by atoms with Crippen LogP contribution in [0.4, 0.5) is 5.69 Å². The van der Waals surface area contributed by atoms with Gasteiger partial charge >= 0.3 is 0 Å². The molecule has 1 amide bonds. The molecule has 0 spiro atoms. The molecule has 1 aromatic heterocycles. The van der Waals surface area contributed by atoms with Crippen LogP contribution in [0.2, 0.25) is 0 Å². The van der Waals surface area contributed by atoms with Gasteiger partial charge in [0.2, 0.25) is 5.91 Å². The maximum atomic E-state index is 10.8. The Kier molecular flexibility index (Phi) is 2.68. The Morgan fingerprint density at radius 1 is 1.31 bits per heavy atom. The van der Waals surface area contributed by atoms with Crippen LogP contribution in [-0.4, -0.2) is 16.0 Å². The number of aromatic nitrogens is 2. The van der Waals surface area contributed by atoms with E-state index < -0.39 is 0 Å². The van der Waals surface area contributed by atoms with Gasteiger partial charge in [-0.05, 0) is 31.2 Å². The maximum absolute atomic E-state index is 10.8. The second kappa shape index (κ2) is 4.14. The van der Waals surface area contributed by atoms with Crippen molar-refractivity contribution in [3.8, 4) is 11.5 Å². The first-order valence-corrected chi connectivity index (χ1v) is 4.83. The second-order valence-electron chi connectivity index (χ2n) is 3.41. The molecule has 0 atom stereocenters. The first-order valence-electron chi connectivity index (χ1n) is 4.83. The minimum absolute atomic E-state index is 0.0959. The van der Waals surface area contributed by atoms with E-state index in [0.717, 1.165) is 11.3 Å².